The van der Waals surface area contributed by atoms with E-state index in [1.54, 1.807) is 28.6 Å². The molecular weight excluding hydrogens is 413 g/mol. The van der Waals surface area contributed by atoms with Gasteiger partial charge in [0, 0.05) is 26.2 Å². The Balaban J connectivity index is 1.29. The van der Waals surface area contributed by atoms with Crippen LogP contribution in [0.2, 0.25) is 0 Å². The van der Waals surface area contributed by atoms with Crippen LogP contribution in [0.25, 0.3) is 11.4 Å². The highest BCUT2D eigenvalue weighted by molar-refractivity contribution is 5.93. The van der Waals surface area contributed by atoms with Gasteiger partial charge in [-0.1, -0.05) is 28.5 Å². The number of halogens is 1. The molecule has 0 saturated carbocycles. The minimum Gasteiger partial charge on any atom is -0.336 e. The van der Waals surface area contributed by atoms with Crippen molar-refractivity contribution in [1.29, 1.82) is 0 Å². The molecule has 1 aliphatic rings. The normalized spacial score (nSPS) is 14.1. The van der Waals surface area contributed by atoms with Crippen LogP contribution < -0.4 is 4.90 Å². The molecule has 32 heavy (non-hydrogen) atoms. The fourth-order valence-corrected chi connectivity index (χ4v) is 3.73. The molecule has 11 heteroatoms. The van der Waals surface area contributed by atoms with Crippen LogP contribution >= 0.6 is 0 Å². The summed E-state index contributed by atoms with van der Waals surface area (Å²) in [5.41, 5.74) is 2.42. The molecule has 5 rings (SSSR count). The molecule has 0 radical (unpaired) electrons. The number of carbonyl (C=O) groups excluding carboxylic acids is 1. The molecule has 1 aliphatic heterocycles. The first-order valence-electron chi connectivity index (χ1n) is 10.2. The van der Waals surface area contributed by atoms with Gasteiger partial charge in [0.25, 0.3) is 5.91 Å². The van der Waals surface area contributed by atoms with Crippen LogP contribution in [-0.4, -0.2) is 72.2 Å². The number of piperazine rings is 1. The van der Waals surface area contributed by atoms with Gasteiger partial charge < -0.3 is 9.80 Å². The number of carbonyl (C=O) groups is 1. The molecule has 0 unspecified atom stereocenters. The Morgan fingerprint density at radius 1 is 0.844 bits per heavy atom. The average Bonchev–Trinajstić information content (AvgIpc) is 3.47. The van der Waals surface area contributed by atoms with E-state index < -0.39 is 0 Å². The zero-order valence-electron chi connectivity index (χ0n) is 17.3. The predicted molar refractivity (Wildman–Crippen MR) is 113 cm³/mol. The number of anilines is 1. The van der Waals surface area contributed by atoms with E-state index in [2.05, 4.69) is 30.7 Å². The number of aromatic nitrogens is 7. The van der Waals surface area contributed by atoms with Gasteiger partial charge in [0.15, 0.2) is 5.69 Å². The number of nitrogens with zero attached hydrogens (tertiary/aromatic N) is 9. The van der Waals surface area contributed by atoms with Crippen molar-refractivity contribution in [2.24, 2.45) is 0 Å². The number of hydrogen-bond acceptors (Lipinski definition) is 7. The molecule has 10 nitrogen and oxygen atoms in total. The highest BCUT2D eigenvalue weighted by Gasteiger charge is 2.28. The van der Waals surface area contributed by atoms with Crippen molar-refractivity contribution in [2.45, 2.75) is 6.92 Å². The molecule has 4 aromatic rings. The number of para-hydroxylation sites is 1. The van der Waals surface area contributed by atoms with Gasteiger partial charge in [0.05, 0.1) is 17.1 Å². The molecule has 0 bridgehead atoms. The second-order valence-corrected chi connectivity index (χ2v) is 7.42. The predicted octanol–water partition coefficient (Wildman–Crippen LogP) is 1.65. The van der Waals surface area contributed by atoms with E-state index in [1.807, 2.05) is 30.3 Å². The topological polar surface area (TPSA) is 97.9 Å². The van der Waals surface area contributed by atoms with Gasteiger partial charge >= 0.3 is 0 Å². The summed E-state index contributed by atoms with van der Waals surface area (Å²) in [7, 11) is 0. The van der Waals surface area contributed by atoms with Crippen molar-refractivity contribution in [1.82, 2.24) is 40.1 Å². The summed E-state index contributed by atoms with van der Waals surface area (Å²) in [5.74, 6) is 0.124. The van der Waals surface area contributed by atoms with Crippen molar-refractivity contribution < 1.29 is 9.18 Å². The van der Waals surface area contributed by atoms with E-state index in [1.165, 1.54) is 16.8 Å². The summed E-state index contributed by atoms with van der Waals surface area (Å²) in [5, 5.41) is 20.3. The van der Waals surface area contributed by atoms with Crippen LogP contribution in [0.3, 0.4) is 0 Å². The van der Waals surface area contributed by atoms with Gasteiger partial charge in [-0.25, -0.2) is 9.07 Å². The molecule has 2 aromatic heterocycles. The zero-order chi connectivity index (χ0) is 22.1. The molecule has 2 aromatic carbocycles. The first-order valence-corrected chi connectivity index (χ1v) is 10.2. The van der Waals surface area contributed by atoms with E-state index in [4.69, 9.17) is 0 Å². The maximum atomic E-state index is 13.2. The second-order valence-electron chi connectivity index (χ2n) is 7.42. The Bertz CT molecular complexity index is 1230. The third-order valence-electron chi connectivity index (χ3n) is 5.47. The lowest BCUT2D eigenvalue weighted by molar-refractivity contribution is 0.0739. The van der Waals surface area contributed by atoms with Crippen molar-refractivity contribution in [3.63, 3.8) is 0 Å². The summed E-state index contributed by atoms with van der Waals surface area (Å²) < 4.78 is 16.4. The number of rotatable bonds is 4. The van der Waals surface area contributed by atoms with Gasteiger partial charge in [-0.15, -0.1) is 5.10 Å². The first-order chi connectivity index (χ1) is 15.6. The first kappa shape index (κ1) is 19.8. The highest BCUT2D eigenvalue weighted by Crippen LogP contribution is 2.19. The Labute approximate surface area is 182 Å². The van der Waals surface area contributed by atoms with E-state index in [0.717, 1.165) is 5.69 Å². The average molecular weight is 433 g/mol. The van der Waals surface area contributed by atoms with Crippen LogP contribution in [0.4, 0.5) is 10.3 Å². The maximum Gasteiger partial charge on any atom is 0.276 e. The second kappa shape index (κ2) is 8.17. The fraction of sp³-hybridized carbons (Fsp3) is 0.238. The van der Waals surface area contributed by atoms with E-state index in [0.29, 0.717) is 43.5 Å². The Morgan fingerprint density at radius 3 is 2.25 bits per heavy atom. The van der Waals surface area contributed by atoms with Gasteiger partial charge in [-0.2, -0.15) is 4.68 Å². The Kier molecular flexibility index (Phi) is 5.06. The monoisotopic (exact) mass is 433 g/mol. The minimum atomic E-state index is -0.334. The summed E-state index contributed by atoms with van der Waals surface area (Å²) in [6.45, 7) is 3.96. The van der Waals surface area contributed by atoms with E-state index in [-0.39, 0.29) is 17.4 Å². The van der Waals surface area contributed by atoms with Crippen LogP contribution in [-0.2, 0) is 0 Å². The lowest BCUT2D eigenvalue weighted by Gasteiger charge is -2.34. The summed E-state index contributed by atoms with van der Waals surface area (Å²) >= 11 is 0. The number of tetrazole rings is 1. The third kappa shape index (κ3) is 3.57. The maximum absolute atomic E-state index is 13.2. The Hall–Kier alpha value is -4.15. The zero-order valence-corrected chi connectivity index (χ0v) is 17.3. The molecule has 0 aliphatic carbocycles. The van der Waals surface area contributed by atoms with Gasteiger partial charge in [-0.3, -0.25) is 4.79 Å². The van der Waals surface area contributed by atoms with Gasteiger partial charge in [0.1, 0.15) is 5.82 Å². The Morgan fingerprint density at radius 2 is 1.53 bits per heavy atom. The highest BCUT2D eigenvalue weighted by atomic mass is 19.1. The summed E-state index contributed by atoms with van der Waals surface area (Å²) in [6, 6.07) is 15.6. The molecule has 1 fully saturated rings. The van der Waals surface area contributed by atoms with Gasteiger partial charge in [-0.05, 0) is 53.7 Å². The van der Waals surface area contributed by atoms with Gasteiger partial charge in [0.2, 0.25) is 5.95 Å². The molecule has 3 heterocycles. The number of benzene rings is 2. The fourth-order valence-electron chi connectivity index (χ4n) is 3.73. The quantitative estimate of drug-likeness (QED) is 0.483. The lowest BCUT2D eigenvalue weighted by atomic mass is 10.2. The molecular formula is C21H20FN9O. The van der Waals surface area contributed by atoms with Crippen LogP contribution in [0.5, 0.6) is 0 Å². The third-order valence-corrected chi connectivity index (χ3v) is 5.47. The largest absolute Gasteiger partial charge is 0.336 e. The number of hydrogen-bond donors (Lipinski definition) is 0. The SMILES string of the molecule is Cc1c(C(=O)N2CCN(c3nnnn3-c3ccccc3)CC2)nnn1-c1ccc(F)cc1. The van der Waals surface area contributed by atoms with Crippen molar-refractivity contribution >= 4 is 11.9 Å². The van der Waals surface area contributed by atoms with Crippen LogP contribution in [0.1, 0.15) is 16.2 Å². The smallest absolute Gasteiger partial charge is 0.276 e. The van der Waals surface area contributed by atoms with E-state index in [9.17, 15) is 9.18 Å². The van der Waals surface area contributed by atoms with Crippen molar-refractivity contribution in [3.8, 4) is 11.4 Å². The summed E-state index contributed by atoms with van der Waals surface area (Å²) in [4.78, 5) is 16.9. The standard InChI is InChI=1S/C21H20FN9O/c1-15-19(23-26-30(15)18-9-7-16(22)8-10-18)20(32)28-11-13-29(14-12-28)21-24-25-27-31(21)17-5-3-2-4-6-17/h2-10H,11-14H2,1H3. The lowest BCUT2D eigenvalue weighted by Crippen LogP contribution is -2.49. The van der Waals surface area contributed by atoms with Crippen molar-refractivity contribution in [3.05, 3.63) is 71.8 Å². The number of amides is 1. The molecule has 0 N–H and O–H groups in total. The molecule has 0 atom stereocenters. The molecule has 1 saturated heterocycles. The molecule has 0 spiro atoms. The molecule has 1 amide bonds. The van der Waals surface area contributed by atoms with Crippen LogP contribution in [0.15, 0.2) is 54.6 Å². The molecule has 162 valence electrons. The minimum absolute atomic E-state index is 0.182. The van der Waals surface area contributed by atoms with E-state index >= 15 is 0 Å². The van der Waals surface area contributed by atoms with Crippen molar-refractivity contribution in [2.75, 3.05) is 31.1 Å². The van der Waals surface area contributed by atoms with Crippen LogP contribution in [0, 0.1) is 12.7 Å². The summed E-state index contributed by atoms with van der Waals surface area (Å²) in [6.07, 6.45) is 0.